The SMILES string of the molecule is C[C@H](C(=O)N[C@H](C(=O)N1C[C@H]2CCCN2C[C@H]1c1nc(C(=O)c2ccc(F)cc2)co1)C1CCCCC1)C(NC(=O)O)C(C)(C)C. The topological polar surface area (TPSA) is 145 Å². The summed E-state index contributed by atoms with van der Waals surface area (Å²) in [5, 5.41) is 15.1. The van der Waals surface area contributed by atoms with Crippen molar-refractivity contribution in [1.82, 2.24) is 25.4 Å². The van der Waals surface area contributed by atoms with Gasteiger partial charge in [0.1, 0.15) is 29.9 Å². The molecule has 12 heteroatoms. The zero-order chi connectivity index (χ0) is 33.2. The second kappa shape index (κ2) is 13.9. The van der Waals surface area contributed by atoms with Crippen LogP contribution >= 0.6 is 0 Å². The monoisotopic (exact) mass is 639 g/mol. The molecule has 250 valence electrons. The number of benzene rings is 1. The van der Waals surface area contributed by atoms with E-state index in [9.17, 15) is 28.7 Å². The van der Waals surface area contributed by atoms with Crippen LogP contribution in [0.3, 0.4) is 0 Å². The Kier molecular flexibility index (Phi) is 10.1. The average molecular weight is 640 g/mol. The minimum atomic E-state index is -1.21. The van der Waals surface area contributed by atoms with Crippen molar-refractivity contribution in [1.29, 1.82) is 0 Å². The van der Waals surface area contributed by atoms with Gasteiger partial charge in [-0.15, -0.1) is 0 Å². The first kappa shape index (κ1) is 33.6. The number of piperazine rings is 1. The number of oxazole rings is 1. The van der Waals surface area contributed by atoms with Crippen molar-refractivity contribution in [2.24, 2.45) is 17.3 Å². The third-order valence-corrected chi connectivity index (χ3v) is 9.93. The molecule has 3 fully saturated rings. The number of aromatic nitrogens is 1. The Bertz CT molecular complexity index is 1420. The highest BCUT2D eigenvalue weighted by atomic mass is 19.1. The number of hydrogen-bond acceptors (Lipinski definition) is 7. The molecule has 3 heterocycles. The maximum absolute atomic E-state index is 14.7. The number of carbonyl (C=O) groups is 4. The lowest BCUT2D eigenvalue weighted by Crippen LogP contribution is -2.61. The third-order valence-electron chi connectivity index (χ3n) is 9.93. The smallest absolute Gasteiger partial charge is 0.404 e. The van der Waals surface area contributed by atoms with Crippen molar-refractivity contribution in [2.45, 2.75) is 96.8 Å². The summed E-state index contributed by atoms with van der Waals surface area (Å²) < 4.78 is 19.3. The molecule has 5 atom stereocenters. The van der Waals surface area contributed by atoms with Crippen LogP contribution in [0.2, 0.25) is 0 Å². The molecule has 2 saturated heterocycles. The number of carboxylic acid groups (broad SMARTS) is 1. The summed E-state index contributed by atoms with van der Waals surface area (Å²) >= 11 is 0. The highest BCUT2D eigenvalue weighted by Crippen LogP contribution is 2.36. The molecule has 2 aliphatic heterocycles. The van der Waals surface area contributed by atoms with Gasteiger partial charge in [0.25, 0.3) is 0 Å². The van der Waals surface area contributed by atoms with E-state index in [4.69, 9.17) is 4.42 Å². The molecule has 0 radical (unpaired) electrons. The molecule has 5 rings (SSSR count). The Hall–Kier alpha value is -3.80. The Labute approximate surface area is 269 Å². The molecule has 0 bridgehead atoms. The largest absolute Gasteiger partial charge is 0.465 e. The molecular weight excluding hydrogens is 593 g/mol. The summed E-state index contributed by atoms with van der Waals surface area (Å²) in [6.45, 7) is 9.12. The Balaban J connectivity index is 1.43. The standard InChI is InChI=1S/C34H46FN5O6/c1-20(29(34(2,3)4)38-33(44)45)30(42)37-27(21-9-6-5-7-10-21)32(43)40-17-24-11-8-16-39(24)18-26(40)31-36-25(19-46-31)28(41)22-12-14-23(35)15-13-22/h12-15,19-21,24,26-27,29,38H,5-11,16-18H2,1-4H3,(H,37,42)(H,44,45)/t20-,24+,26-,27-,29?/m0/s1. The van der Waals surface area contributed by atoms with Gasteiger partial charge in [0.2, 0.25) is 23.5 Å². The number of carbonyl (C=O) groups excluding carboxylic acids is 3. The second-order valence-corrected chi connectivity index (χ2v) is 14.2. The van der Waals surface area contributed by atoms with Crippen LogP contribution in [0.15, 0.2) is 34.9 Å². The van der Waals surface area contributed by atoms with Crippen molar-refractivity contribution in [3.63, 3.8) is 0 Å². The van der Waals surface area contributed by atoms with Gasteiger partial charge in [-0.3, -0.25) is 19.3 Å². The minimum absolute atomic E-state index is 0.0691. The van der Waals surface area contributed by atoms with Crippen LogP contribution in [-0.4, -0.2) is 81.3 Å². The predicted octanol–water partition coefficient (Wildman–Crippen LogP) is 4.78. The van der Waals surface area contributed by atoms with Crippen LogP contribution in [0.1, 0.15) is 101 Å². The summed E-state index contributed by atoms with van der Waals surface area (Å²) in [5.41, 5.74) is -0.197. The number of fused-ring (bicyclic) bond motifs is 1. The highest BCUT2D eigenvalue weighted by molar-refractivity contribution is 6.07. The number of hydrogen-bond donors (Lipinski definition) is 3. The number of amides is 3. The Morgan fingerprint density at radius 3 is 2.35 bits per heavy atom. The van der Waals surface area contributed by atoms with E-state index in [2.05, 4.69) is 20.5 Å². The first-order valence-corrected chi connectivity index (χ1v) is 16.4. The van der Waals surface area contributed by atoms with E-state index in [1.165, 1.54) is 30.5 Å². The van der Waals surface area contributed by atoms with Gasteiger partial charge in [0.05, 0.1) is 5.92 Å². The first-order chi connectivity index (χ1) is 21.8. The molecule has 3 N–H and O–H groups in total. The van der Waals surface area contributed by atoms with E-state index >= 15 is 0 Å². The zero-order valence-corrected chi connectivity index (χ0v) is 27.1. The number of rotatable bonds is 9. The lowest BCUT2D eigenvalue weighted by atomic mass is 9.78. The van der Waals surface area contributed by atoms with Crippen LogP contribution in [0.5, 0.6) is 0 Å². The zero-order valence-electron chi connectivity index (χ0n) is 27.1. The second-order valence-electron chi connectivity index (χ2n) is 14.2. The first-order valence-electron chi connectivity index (χ1n) is 16.4. The van der Waals surface area contributed by atoms with Crippen LogP contribution in [0.4, 0.5) is 9.18 Å². The summed E-state index contributed by atoms with van der Waals surface area (Å²) in [4.78, 5) is 61.8. The van der Waals surface area contributed by atoms with Crippen LogP contribution < -0.4 is 10.6 Å². The summed E-state index contributed by atoms with van der Waals surface area (Å²) in [7, 11) is 0. The van der Waals surface area contributed by atoms with E-state index in [-0.39, 0.29) is 40.9 Å². The Morgan fingerprint density at radius 2 is 1.70 bits per heavy atom. The van der Waals surface area contributed by atoms with E-state index in [1.54, 1.807) is 11.8 Å². The number of nitrogens with zero attached hydrogens (tertiary/aromatic N) is 3. The van der Waals surface area contributed by atoms with Crippen molar-refractivity contribution >= 4 is 23.7 Å². The molecule has 2 aromatic rings. The minimum Gasteiger partial charge on any atom is -0.465 e. The maximum atomic E-state index is 14.7. The van der Waals surface area contributed by atoms with Gasteiger partial charge in [-0.1, -0.05) is 47.0 Å². The van der Waals surface area contributed by atoms with Gasteiger partial charge >= 0.3 is 6.09 Å². The van der Waals surface area contributed by atoms with Gasteiger partial charge in [-0.05, 0) is 67.8 Å². The molecular formula is C34H46FN5O6. The van der Waals surface area contributed by atoms with Gasteiger partial charge < -0.3 is 25.1 Å². The molecule has 3 aliphatic rings. The average Bonchev–Trinajstić information content (AvgIpc) is 3.71. The fraction of sp³-hybridized carbons (Fsp3) is 0.618. The van der Waals surface area contributed by atoms with E-state index in [0.29, 0.717) is 13.1 Å². The summed E-state index contributed by atoms with van der Waals surface area (Å²) in [6, 6.07) is 3.34. The molecule has 1 aliphatic carbocycles. The fourth-order valence-corrected chi connectivity index (χ4v) is 7.45. The lowest BCUT2D eigenvalue weighted by Gasteiger charge is -2.45. The molecule has 1 saturated carbocycles. The molecule has 1 unspecified atom stereocenters. The molecule has 1 aromatic carbocycles. The number of halogens is 1. The van der Waals surface area contributed by atoms with Gasteiger partial charge in [-0.25, -0.2) is 14.2 Å². The molecule has 11 nitrogen and oxygen atoms in total. The maximum Gasteiger partial charge on any atom is 0.404 e. The molecule has 3 amide bonds. The van der Waals surface area contributed by atoms with Gasteiger partial charge in [0.15, 0.2) is 0 Å². The lowest BCUT2D eigenvalue weighted by molar-refractivity contribution is -0.145. The highest BCUT2D eigenvalue weighted by Gasteiger charge is 2.46. The van der Waals surface area contributed by atoms with Crippen molar-refractivity contribution < 1.29 is 33.1 Å². The predicted molar refractivity (Wildman–Crippen MR) is 167 cm³/mol. The van der Waals surface area contributed by atoms with Crippen LogP contribution in [-0.2, 0) is 9.59 Å². The number of nitrogens with one attached hydrogen (secondary N) is 2. The van der Waals surface area contributed by atoms with Crippen molar-refractivity contribution in [2.75, 3.05) is 19.6 Å². The number of ketones is 1. The summed E-state index contributed by atoms with van der Waals surface area (Å²) in [6.07, 6.45) is 6.60. The fourth-order valence-electron chi connectivity index (χ4n) is 7.45. The van der Waals surface area contributed by atoms with Crippen LogP contribution in [0, 0.1) is 23.1 Å². The summed E-state index contributed by atoms with van der Waals surface area (Å²) in [5.74, 6) is -2.01. The van der Waals surface area contributed by atoms with Crippen LogP contribution in [0.25, 0.3) is 0 Å². The van der Waals surface area contributed by atoms with E-state index in [0.717, 1.165) is 51.5 Å². The normalized spacial score (nSPS) is 22.8. The molecule has 46 heavy (non-hydrogen) atoms. The Morgan fingerprint density at radius 1 is 1.00 bits per heavy atom. The van der Waals surface area contributed by atoms with E-state index < -0.39 is 47.2 Å². The van der Waals surface area contributed by atoms with Crippen molar-refractivity contribution in [3.05, 3.63) is 53.5 Å². The third kappa shape index (κ3) is 7.43. The van der Waals surface area contributed by atoms with E-state index in [1.807, 2.05) is 20.8 Å². The molecule has 1 aromatic heterocycles. The van der Waals surface area contributed by atoms with Gasteiger partial charge in [-0.2, -0.15) is 0 Å². The van der Waals surface area contributed by atoms with Crippen molar-refractivity contribution in [3.8, 4) is 0 Å². The van der Waals surface area contributed by atoms with Gasteiger partial charge in [0, 0.05) is 30.7 Å². The quantitative estimate of drug-likeness (QED) is 0.333. The molecule has 0 spiro atoms.